The normalized spacial score (nSPS) is 33.4. The quantitative estimate of drug-likeness (QED) is 0.878. The molecule has 5 nitrogen and oxygen atoms in total. The average molecular weight is 291 g/mol. The molecule has 1 amide bonds. The van der Waals surface area contributed by atoms with Gasteiger partial charge in [0.15, 0.2) is 0 Å². The molecule has 1 aliphatic carbocycles. The minimum absolute atomic E-state index is 0.0603. The Labute approximate surface area is 125 Å². The van der Waals surface area contributed by atoms with Crippen LogP contribution in [-0.2, 0) is 0 Å². The molecule has 0 bridgehead atoms. The zero-order valence-corrected chi connectivity index (χ0v) is 12.9. The second-order valence-electron chi connectivity index (χ2n) is 6.83. The highest BCUT2D eigenvalue weighted by molar-refractivity contribution is 5.95. The lowest BCUT2D eigenvalue weighted by atomic mass is 9.72. The average Bonchev–Trinajstić information content (AvgIpc) is 3.06. The van der Waals surface area contributed by atoms with E-state index in [0.29, 0.717) is 5.56 Å². The molecule has 21 heavy (non-hydrogen) atoms. The van der Waals surface area contributed by atoms with E-state index in [1.807, 2.05) is 18.7 Å². The van der Waals surface area contributed by atoms with Crippen LogP contribution in [0.2, 0.25) is 0 Å². The summed E-state index contributed by atoms with van der Waals surface area (Å²) in [4.78, 5) is 14.8. The molecule has 5 heteroatoms. The summed E-state index contributed by atoms with van der Waals surface area (Å²) in [6.07, 6.45) is 7.76. The van der Waals surface area contributed by atoms with Crippen molar-refractivity contribution >= 4 is 5.91 Å². The van der Waals surface area contributed by atoms with Gasteiger partial charge in [0.05, 0.1) is 17.4 Å². The van der Waals surface area contributed by atoms with Crippen molar-refractivity contribution in [1.29, 1.82) is 0 Å². The summed E-state index contributed by atoms with van der Waals surface area (Å²) in [7, 11) is 0. The Bertz CT molecular complexity index is 523. The van der Waals surface area contributed by atoms with E-state index in [0.717, 1.165) is 50.8 Å². The molecule has 0 radical (unpaired) electrons. The Morgan fingerprint density at radius 1 is 1.43 bits per heavy atom. The molecule has 2 fully saturated rings. The van der Waals surface area contributed by atoms with E-state index in [2.05, 4.69) is 10.2 Å². The van der Waals surface area contributed by atoms with Crippen LogP contribution in [0.25, 0.3) is 0 Å². The number of hydrogen-bond acceptors (Lipinski definition) is 3. The van der Waals surface area contributed by atoms with Crippen LogP contribution in [0, 0.1) is 12.8 Å². The molecule has 3 rings (SSSR count). The number of carbonyl (C=O) groups is 1. The molecule has 1 aromatic rings. The van der Waals surface area contributed by atoms with E-state index in [9.17, 15) is 9.90 Å². The lowest BCUT2D eigenvalue weighted by Crippen LogP contribution is -2.50. The molecule has 3 atom stereocenters. The van der Waals surface area contributed by atoms with Crippen LogP contribution in [0.15, 0.2) is 6.20 Å². The highest BCUT2D eigenvalue weighted by atomic mass is 16.3. The zero-order chi connectivity index (χ0) is 15.0. The van der Waals surface area contributed by atoms with Crippen molar-refractivity contribution in [2.24, 2.45) is 5.92 Å². The van der Waals surface area contributed by atoms with Crippen LogP contribution in [0.3, 0.4) is 0 Å². The van der Waals surface area contributed by atoms with Gasteiger partial charge in [-0.05, 0) is 39.5 Å². The number of aliphatic hydroxyl groups is 1. The van der Waals surface area contributed by atoms with E-state index in [1.54, 1.807) is 6.20 Å². The van der Waals surface area contributed by atoms with E-state index >= 15 is 0 Å². The number of hydrogen-bond donors (Lipinski definition) is 2. The Morgan fingerprint density at radius 2 is 2.24 bits per heavy atom. The van der Waals surface area contributed by atoms with E-state index in [4.69, 9.17) is 0 Å². The molecule has 2 heterocycles. The van der Waals surface area contributed by atoms with Gasteiger partial charge < -0.3 is 10.0 Å². The maximum absolute atomic E-state index is 12.8. The summed E-state index contributed by atoms with van der Waals surface area (Å²) in [5.74, 6) is 0.259. The van der Waals surface area contributed by atoms with Gasteiger partial charge in [0, 0.05) is 24.2 Å². The van der Waals surface area contributed by atoms with Crippen LogP contribution in [0.1, 0.15) is 61.5 Å². The van der Waals surface area contributed by atoms with Crippen molar-refractivity contribution in [1.82, 2.24) is 15.1 Å². The van der Waals surface area contributed by atoms with Crippen LogP contribution < -0.4 is 0 Å². The number of aryl methyl sites for hydroxylation is 1. The summed E-state index contributed by atoms with van der Waals surface area (Å²) in [6.45, 7) is 4.61. The molecule has 0 aromatic carbocycles. The van der Waals surface area contributed by atoms with Gasteiger partial charge in [0.2, 0.25) is 0 Å². The lowest BCUT2D eigenvalue weighted by Gasteiger charge is -2.43. The third-order valence-corrected chi connectivity index (χ3v) is 5.33. The van der Waals surface area contributed by atoms with Crippen molar-refractivity contribution in [3.63, 3.8) is 0 Å². The maximum atomic E-state index is 12.8. The Morgan fingerprint density at radius 3 is 2.90 bits per heavy atom. The topological polar surface area (TPSA) is 69.2 Å². The molecule has 0 unspecified atom stereocenters. The van der Waals surface area contributed by atoms with Gasteiger partial charge in [0.25, 0.3) is 5.91 Å². The summed E-state index contributed by atoms with van der Waals surface area (Å²) < 4.78 is 0. The number of aromatic amines is 1. The summed E-state index contributed by atoms with van der Waals surface area (Å²) in [5.41, 5.74) is 0.843. The van der Waals surface area contributed by atoms with Crippen LogP contribution in [0.5, 0.6) is 0 Å². The number of carbonyl (C=O) groups excluding carboxylic acids is 1. The second-order valence-corrected chi connectivity index (χ2v) is 6.83. The molecular formula is C16H25N3O2. The van der Waals surface area contributed by atoms with Gasteiger partial charge in [-0.1, -0.05) is 12.8 Å². The predicted octanol–water partition coefficient (Wildman–Crippen LogP) is 2.26. The summed E-state index contributed by atoms with van der Waals surface area (Å²) in [6, 6.07) is 0.169. The van der Waals surface area contributed by atoms with Gasteiger partial charge >= 0.3 is 0 Å². The monoisotopic (exact) mass is 291 g/mol. The number of nitrogens with zero attached hydrogens (tertiary/aromatic N) is 2. The maximum Gasteiger partial charge on any atom is 0.257 e. The first-order chi connectivity index (χ1) is 10.0. The smallest absolute Gasteiger partial charge is 0.257 e. The molecule has 2 aliphatic rings. The molecular weight excluding hydrogens is 266 g/mol. The number of amides is 1. The van der Waals surface area contributed by atoms with E-state index < -0.39 is 5.60 Å². The standard InChI is InChI=1S/C16H25N3O2/c1-11-12(10-17-18-11)15(20)19-9-5-7-14(19)13-6-3-4-8-16(13,2)21/h10,13-14,21H,3-9H2,1-2H3,(H,17,18)/t13-,14-,16+/m1/s1. The Balaban J connectivity index is 1.82. The van der Waals surface area contributed by atoms with Crippen molar-refractivity contribution in [2.75, 3.05) is 6.54 Å². The second kappa shape index (κ2) is 5.44. The number of nitrogens with one attached hydrogen (secondary N) is 1. The lowest BCUT2D eigenvalue weighted by molar-refractivity contribution is -0.0577. The fourth-order valence-electron chi connectivity index (χ4n) is 4.13. The Kier molecular flexibility index (Phi) is 3.78. The van der Waals surface area contributed by atoms with Crippen molar-refractivity contribution in [3.8, 4) is 0 Å². The molecule has 1 aromatic heterocycles. The van der Waals surface area contributed by atoms with E-state index in [1.165, 1.54) is 0 Å². The Hall–Kier alpha value is -1.36. The van der Waals surface area contributed by atoms with Gasteiger partial charge in [-0.25, -0.2) is 0 Å². The minimum Gasteiger partial charge on any atom is -0.390 e. The highest BCUT2D eigenvalue weighted by Crippen LogP contribution is 2.41. The van der Waals surface area contributed by atoms with Crippen molar-refractivity contribution in [2.45, 2.75) is 64.0 Å². The molecule has 1 aliphatic heterocycles. The third-order valence-electron chi connectivity index (χ3n) is 5.33. The summed E-state index contributed by atoms with van der Waals surface area (Å²) in [5, 5.41) is 17.5. The van der Waals surface area contributed by atoms with E-state index in [-0.39, 0.29) is 17.9 Å². The van der Waals surface area contributed by atoms with Gasteiger partial charge in [-0.15, -0.1) is 0 Å². The first-order valence-corrected chi connectivity index (χ1v) is 8.04. The van der Waals surface area contributed by atoms with Gasteiger partial charge in [0.1, 0.15) is 0 Å². The number of rotatable bonds is 2. The highest BCUT2D eigenvalue weighted by Gasteiger charge is 2.44. The SMILES string of the molecule is Cc1[nH]ncc1C(=O)N1CCC[C@@H]1[C@H]1CCCC[C@]1(C)O. The number of H-pyrrole nitrogens is 1. The molecule has 116 valence electrons. The molecule has 1 saturated carbocycles. The largest absolute Gasteiger partial charge is 0.390 e. The fraction of sp³-hybridized carbons (Fsp3) is 0.750. The van der Waals surface area contributed by atoms with Crippen LogP contribution >= 0.6 is 0 Å². The predicted molar refractivity (Wildman–Crippen MR) is 80.0 cm³/mol. The first kappa shape index (κ1) is 14.6. The van der Waals surface area contributed by atoms with Crippen molar-refractivity contribution in [3.05, 3.63) is 17.5 Å². The zero-order valence-electron chi connectivity index (χ0n) is 12.9. The number of likely N-dealkylation sites (tertiary alicyclic amines) is 1. The van der Waals surface area contributed by atoms with Gasteiger partial charge in [-0.2, -0.15) is 5.10 Å². The molecule has 1 saturated heterocycles. The van der Waals surface area contributed by atoms with Crippen molar-refractivity contribution < 1.29 is 9.90 Å². The van der Waals surface area contributed by atoms with Gasteiger partial charge in [-0.3, -0.25) is 9.89 Å². The number of aromatic nitrogens is 2. The first-order valence-electron chi connectivity index (χ1n) is 8.04. The minimum atomic E-state index is -0.642. The fourth-order valence-corrected chi connectivity index (χ4v) is 4.13. The molecule has 2 N–H and O–H groups in total. The molecule has 0 spiro atoms. The van der Waals surface area contributed by atoms with Crippen LogP contribution in [0.4, 0.5) is 0 Å². The third kappa shape index (κ3) is 2.59. The van der Waals surface area contributed by atoms with Crippen LogP contribution in [-0.4, -0.2) is 44.3 Å². The summed E-state index contributed by atoms with van der Waals surface area (Å²) >= 11 is 0.